The van der Waals surface area contributed by atoms with Gasteiger partial charge in [-0.15, -0.1) is 0 Å². The van der Waals surface area contributed by atoms with Gasteiger partial charge in [-0.1, -0.05) is 18.2 Å². The molecule has 4 rings (SSSR count). The smallest absolute Gasteiger partial charge is 0.269 e. The first-order valence-electron chi connectivity index (χ1n) is 8.84. The average Bonchev–Trinajstić information content (AvgIpc) is 3.15. The van der Waals surface area contributed by atoms with Crippen molar-refractivity contribution >= 4 is 28.8 Å². The molecule has 0 aliphatic rings. The highest BCUT2D eigenvalue weighted by Gasteiger charge is 2.11. The molecule has 0 aliphatic heterocycles. The predicted octanol–water partition coefficient (Wildman–Crippen LogP) is 3.36. The number of hydrogen-bond donors (Lipinski definition) is 3. The van der Waals surface area contributed by atoms with Crippen molar-refractivity contribution in [2.75, 3.05) is 12.4 Å². The Balaban J connectivity index is 1.53. The van der Waals surface area contributed by atoms with Crippen molar-refractivity contribution in [1.82, 2.24) is 20.3 Å². The molecule has 2 heterocycles. The molecule has 2 amide bonds. The first-order chi connectivity index (χ1) is 14.1. The quantitative estimate of drug-likeness (QED) is 0.486. The fourth-order valence-corrected chi connectivity index (χ4v) is 2.74. The maximum Gasteiger partial charge on any atom is 0.269 e. The van der Waals surface area contributed by atoms with E-state index < -0.39 is 0 Å². The van der Waals surface area contributed by atoms with Crippen LogP contribution in [0.1, 0.15) is 20.8 Å². The summed E-state index contributed by atoms with van der Waals surface area (Å²) in [5.41, 5.74) is 2.19. The number of carbonyl (C=O) groups is 2. The average molecular weight is 387 g/mol. The largest absolute Gasteiger partial charge is 0.457 e. The number of amides is 2. The van der Waals surface area contributed by atoms with Crippen molar-refractivity contribution in [1.29, 1.82) is 0 Å². The molecule has 144 valence electrons. The van der Waals surface area contributed by atoms with Gasteiger partial charge in [-0.05, 0) is 30.3 Å². The van der Waals surface area contributed by atoms with E-state index in [2.05, 4.69) is 25.6 Å². The lowest BCUT2D eigenvalue weighted by molar-refractivity contribution is 0.0957. The van der Waals surface area contributed by atoms with E-state index in [1.54, 1.807) is 54.6 Å². The third kappa shape index (κ3) is 4.06. The van der Waals surface area contributed by atoms with Gasteiger partial charge in [0.25, 0.3) is 11.8 Å². The number of rotatable bonds is 5. The van der Waals surface area contributed by atoms with Gasteiger partial charge in [-0.25, -0.2) is 4.98 Å². The highest BCUT2D eigenvalue weighted by molar-refractivity contribution is 6.03. The van der Waals surface area contributed by atoms with Crippen LogP contribution in [0.25, 0.3) is 11.0 Å². The van der Waals surface area contributed by atoms with E-state index in [9.17, 15) is 9.59 Å². The topological polar surface area (TPSA) is 109 Å². The number of imidazole rings is 1. The summed E-state index contributed by atoms with van der Waals surface area (Å²) in [4.78, 5) is 35.4. The second kappa shape index (κ2) is 7.81. The number of nitrogens with one attached hydrogen (secondary N) is 3. The van der Waals surface area contributed by atoms with E-state index in [4.69, 9.17) is 4.74 Å². The second-order valence-electron chi connectivity index (χ2n) is 6.14. The molecule has 2 aromatic carbocycles. The number of pyridine rings is 1. The highest BCUT2D eigenvalue weighted by atomic mass is 16.5. The molecule has 3 N–H and O–H groups in total. The van der Waals surface area contributed by atoms with E-state index in [1.165, 1.54) is 13.2 Å². The monoisotopic (exact) mass is 387 g/mol. The number of aromatic nitrogens is 3. The summed E-state index contributed by atoms with van der Waals surface area (Å²) < 4.78 is 5.83. The van der Waals surface area contributed by atoms with E-state index in [-0.39, 0.29) is 17.5 Å². The molecule has 0 unspecified atom stereocenters. The van der Waals surface area contributed by atoms with Gasteiger partial charge in [0, 0.05) is 30.9 Å². The number of benzene rings is 2. The summed E-state index contributed by atoms with van der Waals surface area (Å²) >= 11 is 0. The first-order valence-corrected chi connectivity index (χ1v) is 8.84. The molecule has 0 spiro atoms. The molecule has 8 heteroatoms. The van der Waals surface area contributed by atoms with Gasteiger partial charge in [0.15, 0.2) is 0 Å². The molecule has 29 heavy (non-hydrogen) atoms. The van der Waals surface area contributed by atoms with Crippen LogP contribution in [0.15, 0.2) is 66.9 Å². The number of hydrogen-bond acceptors (Lipinski definition) is 5. The Hall–Kier alpha value is -4.20. The minimum absolute atomic E-state index is 0.250. The zero-order valence-electron chi connectivity index (χ0n) is 15.5. The van der Waals surface area contributed by atoms with Crippen LogP contribution in [0.2, 0.25) is 0 Å². The number of carbonyl (C=O) groups excluding carboxylic acids is 2. The Morgan fingerprint density at radius 3 is 2.55 bits per heavy atom. The van der Waals surface area contributed by atoms with E-state index in [1.807, 2.05) is 6.07 Å². The lowest BCUT2D eigenvalue weighted by Gasteiger charge is -2.06. The Kier molecular flexibility index (Phi) is 4.90. The number of ether oxygens (including phenoxy) is 1. The molecule has 0 atom stereocenters. The molecule has 8 nitrogen and oxygen atoms in total. The van der Waals surface area contributed by atoms with Crippen LogP contribution < -0.4 is 15.4 Å². The molecule has 0 fully saturated rings. The van der Waals surface area contributed by atoms with Crippen molar-refractivity contribution in [2.24, 2.45) is 0 Å². The number of nitrogens with zero attached hydrogens (tertiary/aromatic N) is 2. The van der Waals surface area contributed by atoms with E-state index in [0.717, 1.165) is 0 Å². The fraction of sp³-hybridized carbons (Fsp3) is 0.0476. The van der Waals surface area contributed by atoms with Gasteiger partial charge in [0.05, 0.1) is 11.0 Å². The minimum Gasteiger partial charge on any atom is -0.457 e. The Morgan fingerprint density at radius 1 is 0.966 bits per heavy atom. The molecule has 0 saturated heterocycles. The highest BCUT2D eigenvalue weighted by Crippen LogP contribution is 2.26. The summed E-state index contributed by atoms with van der Waals surface area (Å²) in [5, 5.41) is 5.27. The summed E-state index contributed by atoms with van der Waals surface area (Å²) in [5.74, 6) is 0.834. The summed E-state index contributed by atoms with van der Waals surface area (Å²) in [7, 11) is 1.54. The van der Waals surface area contributed by atoms with Crippen molar-refractivity contribution in [3.05, 3.63) is 78.1 Å². The van der Waals surface area contributed by atoms with E-state index in [0.29, 0.717) is 34.0 Å². The third-order valence-corrected chi connectivity index (χ3v) is 4.15. The number of fused-ring (bicyclic) bond motifs is 1. The Morgan fingerprint density at radius 2 is 1.76 bits per heavy atom. The van der Waals surface area contributed by atoms with Crippen LogP contribution in [-0.4, -0.2) is 33.8 Å². The second-order valence-corrected chi connectivity index (χ2v) is 6.14. The standard InChI is InChI=1S/C21H17N5O3/c1-22-20(28)18-12-15(9-10-23-18)29-14-7-8-16-17(11-14)25-21(24-16)26-19(27)13-5-3-2-4-6-13/h2-12H,1H3,(H,22,28)(H2,24,25,26,27). The lowest BCUT2D eigenvalue weighted by atomic mass is 10.2. The lowest BCUT2D eigenvalue weighted by Crippen LogP contribution is -2.18. The molecule has 0 radical (unpaired) electrons. The van der Waals surface area contributed by atoms with Crippen molar-refractivity contribution in [3.63, 3.8) is 0 Å². The number of anilines is 1. The normalized spacial score (nSPS) is 10.5. The third-order valence-electron chi connectivity index (χ3n) is 4.15. The zero-order valence-corrected chi connectivity index (χ0v) is 15.5. The van der Waals surface area contributed by atoms with E-state index >= 15 is 0 Å². The van der Waals surface area contributed by atoms with Gasteiger partial charge in [0.2, 0.25) is 5.95 Å². The zero-order chi connectivity index (χ0) is 20.2. The first kappa shape index (κ1) is 18.2. The molecule has 0 bridgehead atoms. The molecular weight excluding hydrogens is 370 g/mol. The van der Waals surface area contributed by atoms with Crippen LogP contribution in [0.3, 0.4) is 0 Å². The molecule has 0 saturated carbocycles. The molecule has 4 aromatic rings. The fourth-order valence-electron chi connectivity index (χ4n) is 2.74. The van der Waals surface area contributed by atoms with Crippen molar-refractivity contribution in [2.45, 2.75) is 0 Å². The van der Waals surface area contributed by atoms with Crippen LogP contribution in [0.5, 0.6) is 11.5 Å². The van der Waals surface area contributed by atoms with Crippen molar-refractivity contribution < 1.29 is 14.3 Å². The maximum atomic E-state index is 12.3. The summed E-state index contributed by atoms with van der Waals surface area (Å²) in [6, 6.07) is 17.4. The molecule has 0 aliphatic carbocycles. The SMILES string of the molecule is CNC(=O)c1cc(Oc2ccc3nc(NC(=O)c4ccccc4)[nH]c3c2)ccn1. The van der Waals surface area contributed by atoms with Gasteiger partial charge in [-0.2, -0.15) is 0 Å². The Labute approximate surface area is 166 Å². The van der Waals surface area contributed by atoms with Crippen molar-refractivity contribution in [3.8, 4) is 11.5 Å². The molecule has 2 aromatic heterocycles. The summed E-state index contributed by atoms with van der Waals surface area (Å²) in [6.07, 6.45) is 1.51. The molecular formula is C21H17N5O3. The van der Waals surface area contributed by atoms with Crippen LogP contribution in [0, 0.1) is 0 Å². The Bertz CT molecular complexity index is 1190. The van der Waals surface area contributed by atoms with Gasteiger partial charge >= 0.3 is 0 Å². The number of aromatic amines is 1. The van der Waals surface area contributed by atoms with Gasteiger partial charge in [-0.3, -0.25) is 19.9 Å². The predicted molar refractivity (Wildman–Crippen MR) is 108 cm³/mol. The van der Waals surface area contributed by atoms with Crippen LogP contribution >= 0.6 is 0 Å². The van der Waals surface area contributed by atoms with Crippen LogP contribution in [0.4, 0.5) is 5.95 Å². The maximum absolute atomic E-state index is 12.3. The van der Waals surface area contributed by atoms with Gasteiger partial charge in [0.1, 0.15) is 17.2 Å². The number of H-pyrrole nitrogens is 1. The minimum atomic E-state index is -0.293. The van der Waals surface area contributed by atoms with Crippen LogP contribution in [-0.2, 0) is 0 Å². The van der Waals surface area contributed by atoms with Gasteiger partial charge < -0.3 is 15.0 Å². The summed E-state index contributed by atoms with van der Waals surface area (Å²) in [6.45, 7) is 0.